The lowest BCUT2D eigenvalue weighted by Gasteiger charge is -2.17. The van der Waals surface area contributed by atoms with E-state index in [9.17, 15) is 0 Å². The van der Waals surface area contributed by atoms with E-state index in [2.05, 4.69) is 51.0 Å². The Bertz CT molecular complexity index is 732. The Labute approximate surface area is 124 Å². The monoisotopic (exact) mass is 280 g/mol. The quantitative estimate of drug-likeness (QED) is 0.781. The molecule has 2 heterocycles. The molecule has 1 aromatic carbocycles. The summed E-state index contributed by atoms with van der Waals surface area (Å²) in [5, 5.41) is 4.57. The van der Waals surface area contributed by atoms with Crippen molar-refractivity contribution in [1.29, 1.82) is 0 Å². The molecule has 0 amide bonds. The molecule has 3 aromatic rings. The Morgan fingerprint density at radius 3 is 2.90 bits per heavy atom. The van der Waals surface area contributed by atoms with Crippen molar-refractivity contribution in [2.45, 2.75) is 25.9 Å². The van der Waals surface area contributed by atoms with Crippen LogP contribution in [0.2, 0.25) is 0 Å². The summed E-state index contributed by atoms with van der Waals surface area (Å²) < 4.78 is 2.19. The van der Waals surface area contributed by atoms with Crippen LogP contribution < -0.4 is 5.32 Å². The molecule has 2 aromatic heterocycles. The first-order chi connectivity index (χ1) is 10.3. The van der Waals surface area contributed by atoms with E-state index in [0.29, 0.717) is 0 Å². The number of fused-ring (bicyclic) bond motifs is 1. The fourth-order valence-corrected chi connectivity index (χ4v) is 2.70. The molecule has 0 aliphatic rings. The Balaban J connectivity index is 1.90. The minimum absolute atomic E-state index is 0.252. The number of imidazole rings is 1. The van der Waals surface area contributed by atoms with E-state index in [1.807, 2.05) is 31.7 Å². The van der Waals surface area contributed by atoms with Gasteiger partial charge < -0.3 is 9.88 Å². The molecular weight excluding hydrogens is 260 g/mol. The lowest BCUT2D eigenvalue weighted by molar-refractivity contribution is 0.553. The number of nitrogens with one attached hydrogen (secondary N) is 1. The van der Waals surface area contributed by atoms with E-state index in [1.165, 1.54) is 10.9 Å². The highest BCUT2D eigenvalue weighted by atomic mass is 15.1. The van der Waals surface area contributed by atoms with Crippen molar-refractivity contribution in [2.75, 3.05) is 7.05 Å². The van der Waals surface area contributed by atoms with Crippen LogP contribution in [0.3, 0.4) is 0 Å². The number of pyridine rings is 1. The second kappa shape index (κ2) is 6.06. The van der Waals surface area contributed by atoms with E-state index < -0.39 is 0 Å². The number of hydrogen-bond acceptors (Lipinski definition) is 3. The van der Waals surface area contributed by atoms with Gasteiger partial charge in [-0.05, 0) is 37.7 Å². The molecule has 1 unspecified atom stereocenters. The Hall–Kier alpha value is -2.20. The summed E-state index contributed by atoms with van der Waals surface area (Å²) in [5.41, 5.74) is 2.30. The first-order valence-electron chi connectivity index (χ1n) is 7.33. The van der Waals surface area contributed by atoms with Crippen molar-refractivity contribution in [3.63, 3.8) is 0 Å². The van der Waals surface area contributed by atoms with Crippen molar-refractivity contribution in [3.05, 3.63) is 60.3 Å². The zero-order valence-electron chi connectivity index (χ0n) is 12.5. The van der Waals surface area contributed by atoms with Crippen molar-refractivity contribution in [2.24, 2.45) is 0 Å². The van der Waals surface area contributed by atoms with Gasteiger partial charge in [-0.2, -0.15) is 0 Å². The van der Waals surface area contributed by atoms with Gasteiger partial charge >= 0.3 is 0 Å². The maximum absolute atomic E-state index is 4.47. The van der Waals surface area contributed by atoms with E-state index in [1.54, 1.807) is 0 Å². The molecule has 21 heavy (non-hydrogen) atoms. The highest BCUT2D eigenvalue weighted by Crippen LogP contribution is 2.21. The third kappa shape index (κ3) is 2.81. The van der Waals surface area contributed by atoms with Crippen LogP contribution in [0, 0.1) is 0 Å². The van der Waals surface area contributed by atoms with E-state index in [4.69, 9.17) is 0 Å². The molecule has 1 N–H and O–H groups in total. The van der Waals surface area contributed by atoms with Crippen LogP contribution in [0.5, 0.6) is 0 Å². The van der Waals surface area contributed by atoms with Crippen LogP contribution in [0.4, 0.5) is 0 Å². The van der Waals surface area contributed by atoms with Crippen molar-refractivity contribution in [3.8, 4) is 0 Å². The normalized spacial score (nSPS) is 12.7. The second-order valence-electron chi connectivity index (χ2n) is 5.13. The predicted octanol–water partition coefficient (Wildman–Crippen LogP) is 2.95. The lowest BCUT2D eigenvalue weighted by atomic mass is 10.0. The van der Waals surface area contributed by atoms with Gasteiger partial charge in [0.1, 0.15) is 5.82 Å². The number of nitrogens with zero attached hydrogens (tertiary/aromatic N) is 3. The zero-order chi connectivity index (χ0) is 14.7. The fraction of sp³-hybridized carbons (Fsp3) is 0.294. The minimum atomic E-state index is 0.252. The standard InChI is InChI=1S/C17H20N4/c1-3-21-10-9-20-17(21)12-16(18-2)14-6-7-15-13(11-14)5-4-8-19-15/h4-11,16,18H,3,12H2,1-2H3. The van der Waals surface area contributed by atoms with Crippen LogP contribution in [-0.4, -0.2) is 21.6 Å². The first kappa shape index (κ1) is 13.8. The average molecular weight is 280 g/mol. The third-order valence-corrected chi connectivity index (χ3v) is 3.91. The SMILES string of the molecule is CCn1ccnc1CC(NC)c1ccc2ncccc2c1. The first-order valence-corrected chi connectivity index (χ1v) is 7.33. The molecule has 0 saturated heterocycles. The Morgan fingerprint density at radius 2 is 2.10 bits per heavy atom. The minimum Gasteiger partial charge on any atom is -0.335 e. The number of hydrogen-bond donors (Lipinski definition) is 1. The van der Waals surface area contributed by atoms with Gasteiger partial charge in [-0.25, -0.2) is 4.98 Å². The van der Waals surface area contributed by atoms with Gasteiger partial charge in [-0.1, -0.05) is 12.1 Å². The van der Waals surface area contributed by atoms with Gasteiger partial charge in [0, 0.05) is 43.0 Å². The van der Waals surface area contributed by atoms with Crippen LogP contribution in [0.25, 0.3) is 10.9 Å². The highest BCUT2D eigenvalue weighted by molar-refractivity contribution is 5.79. The van der Waals surface area contributed by atoms with Crippen LogP contribution >= 0.6 is 0 Å². The van der Waals surface area contributed by atoms with Gasteiger partial charge in [0.15, 0.2) is 0 Å². The van der Waals surface area contributed by atoms with Crippen molar-refractivity contribution >= 4 is 10.9 Å². The number of rotatable bonds is 5. The molecule has 0 aliphatic carbocycles. The Morgan fingerprint density at radius 1 is 1.19 bits per heavy atom. The summed E-state index contributed by atoms with van der Waals surface area (Å²) in [6.45, 7) is 3.09. The summed E-state index contributed by atoms with van der Waals surface area (Å²) in [7, 11) is 2.00. The molecule has 4 heteroatoms. The molecule has 1 atom stereocenters. The molecule has 0 saturated carbocycles. The van der Waals surface area contributed by atoms with Gasteiger partial charge in [-0.15, -0.1) is 0 Å². The van der Waals surface area contributed by atoms with Gasteiger partial charge in [0.25, 0.3) is 0 Å². The van der Waals surface area contributed by atoms with Crippen molar-refractivity contribution < 1.29 is 0 Å². The molecule has 0 aliphatic heterocycles. The van der Waals surface area contributed by atoms with Crippen LogP contribution in [-0.2, 0) is 13.0 Å². The number of benzene rings is 1. The topological polar surface area (TPSA) is 42.7 Å². The molecule has 3 rings (SSSR count). The molecular formula is C17H20N4. The van der Waals surface area contributed by atoms with Crippen LogP contribution in [0.1, 0.15) is 24.4 Å². The van der Waals surface area contributed by atoms with Crippen molar-refractivity contribution in [1.82, 2.24) is 19.9 Å². The molecule has 4 nitrogen and oxygen atoms in total. The third-order valence-electron chi connectivity index (χ3n) is 3.91. The summed E-state index contributed by atoms with van der Waals surface area (Å²) in [5.74, 6) is 1.11. The van der Waals surface area contributed by atoms with Gasteiger partial charge in [-0.3, -0.25) is 4.98 Å². The summed E-state index contributed by atoms with van der Waals surface area (Å²) in [6.07, 6.45) is 6.61. The smallest absolute Gasteiger partial charge is 0.110 e. The maximum Gasteiger partial charge on any atom is 0.110 e. The Kier molecular flexibility index (Phi) is 3.97. The molecule has 0 fully saturated rings. The summed E-state index contributed by atoms with van der Waals surface area (Å²) >= 11 is 0. The molecule has 108 valence electrons. The van der Waals surface area contributed by atoms with E-state index in [0.717, 1.165) is 24.3 Å². The number of likely N-dealkylation sites (N-methyl/N-ethyl adjacent to an activating group) is 1. The second-order valence-corrected chi connectivity index (χ2v) is 5.13. The molecule has 0 spiro atoms. The van der Waals surface area contributed by atoms with Gasteiger partial charge in [0.2, 0.25) is 0 Å². The summed E-state index contributed by atoms with van der Waals surface area (Å²) in [4.78, 5) is 8.85. The predicted molar refractivity (Wildman–Crippen MR) is 85.1 cm³/mol. The number of aromatic nitrogens is 3. The average Bonchev–Trinajstić information content (AvgIpc) is 2.99. The fourth-order valence-electron chi connectivity index (χ4n) is 2.70. The summed E-state index contributed by atoms with van der Waals surface area (Å²) in [6, 6.07) is 10.8. The van der Waals surface area contributed by atoms with E-state index >= 15 is 0 Å². The largest absolute Gasteiger partial charge is 0.335 e. The highest BCUT2D eigenvalue weighted by Gasteiger charge is 2.13. The maximum atomic E-state index is 4.47. The molecule has 0 radical (unpaired) electrons. The van der Waals surface area contributed by atoms with Crippen LogP contribution in [0.15, 0.2) is 48.9 Å². The molecule has 0 bridgehead atoms. The van der Waals surface area contributed by atoms with E-state index in [-0.39, 0.29) is 6.04 Å². The van der Waals surface area contributed by atoms with Gasteiger partial charge in [0.05, 0.1) is 5.52 Å². The zero-order valence-corrected chi connectivity index (χ0v) is 12.5. The lowest BCUT2D eigenvalue weighted by Crippen LogP contribution is -2.20. The number of aryl methyl sites for hydroxylation is 1.